The van der Waals surface area contributed by atoms with E-state index in [0.29, 0.717) is 151 Å². The van der Waals surface area contributed by atoms with E-state index in [1.807, 2.05) is 48.5 Å². The number of rotatable bonds is 34. The molecule has 36 nitrogen and oxygen atoms in total. The van der Waals surface area contributed by atoms with Crippen molar-refractivity contribution in [2.75, 3.05) is 126 Å². The molecule has 4 aliphatic heterocycles. The fraction of sp³-hybridized carbons (Fsp3) is 0.487. The lowest BCUT2D eigenvalue weighted by Gasteiger charge is -2.21. The maximum Gasteiger partial charge on any atom is 0.329 e. The number of hydrogen-bond acceptors (Lipinski definition) is 24. The summed E-state index contributed by atoms with van der Waals surface area (Å²) in [6.07, 6.45) is 10.7. The van der Waals surface area contributed by atoms with Crippen LogP contribution in [0.15, 0.2) is 96.4 Å². The number of nitrogens with zero attached hydrogens (tertiary/aromatic N) is 8. The highest BCUT2D eigenvalue weighted by Gasteiger charge is 2.36. The van der Waals surface area contributed by atoms with E-state index in [1.54, 1.807) is 61.6 Å². The number of aliphatic hydroxyl groups is 3. The summed E-state index contributed by atoms with van der Waals surface area (Å²) in [4.78, 5) is 156. The van der Waals surface area contributed by atoms with Gasteiger partial charge in [-0.25, -0.2) is 19.2 Å². The van der Waals surface area contributed by atoms with Crippen LogP contribution in [0.2, 0.25) is 0 Å². The third-order valence-corrected chi connectivity index (χ3v) is 19.7. The SMILES string of the molecule is C#CCOCCOCCO.Cn1c(=O)n(C2CCC(=O)NC2=O)c2cccc(Br)c21.Cn1c(=O)n(C2CCC(=O)NC2=O)c2cccc(C#CCOCCOCCO)c21.Cn1c(=O)n(C2CCC(=O)NC2=O)c2cccc(CCCOCCOCC=O)c21.Cn1c(=O)n(C2CCC(=O)NC2=O)c2cccc(CCCOCCOCCO)c21.P. The number of imidazole rings is 4. The molecule has 8 heterocycles. The summed E-state index contributed by atoms with van der Waals surface area (Å²) in [6, 6.07) is 19.4. The molecule has 4 aromatic carbocycles. The number of aryl methyl sites for hydroxylation is 6. The number of hydrogen-bond donors (Lipinski definition) is 7. The Labute approximate surface area is 689 Å². The monoisotopic (exact) mass is 1720 g/mol. The standard InChI is InChI=1S/C20H27N3O6.C20H25N3O6.C20H23N3O6.C13H12BrN3O3.C7H12O3.H3P/c3*1-22-18-14(5-3-10-28-12-13-29-11-9-24)4-2-6-15(18)23(20(22)27)16-7-8-17(25)21-19(16)26;1-16-11-7(14)3-2-4-8(11)17(13(16)20)9-5-6-10(18)15-12(9)19;1-2-4-9-6-7-10-5-3-8;/h2,4,6,16,24H,3,5,7-13H2,1H3,(H,21,25,26);2,4,6,9,16H,3,5,7-8,10-13H2,1H3,(H,21,25,26);2,4,6,16,24H,7-13H2,1H3,(H,21,25,26);2-4,9H,5-6H2,1H3,(H,15,18,19);1,8H,3-7H2;1H3. The minimum absolute atomic E-state index is 0. The van der Waals surface area contributed by atoms with Gasteiger partial charge in [-0.3, -0.25) is 96.2 Å². The Balaban J connectivity index is 0.000000210. The van der Waals surface area contributed by atoms with Crippen LogP contribution < -0.4 is 44.0 Å². The quantitative estimate of drug-likeness (QED) is 0.00980. The van der Waals surface area contributed by atoms with Gasteiger partial charge in [0.15, 0.2) is 0 Å². The van der Waals surface area contributed by atoms with Gasteiger partial charge >= 0.3 is 22.8 Å². The van der Waals surface area contributed by atoms with Crippen molar-refractivity contribution < 1.29 is 96.4 Å². The van der Waals surface area contributed by atoms with E-state index >= 15 is 0 Å². The van der Waals surface area contributed by atoms with Crippen molar-refractivity contribution in [1.82, 2.24) is 57.8 Å². The van der Waals surface area contributed by atoms with Crippen LogP contribution in [0.3, 0.4) is 0 Å². The lowest BCUT2D eigenvalue weighted by molar-refractivity contribution is -0.137. The molecule has 7 N–H and O–H groups in total. The van der Waals surface area contributed by atoms with Gasteiger partial charge in [0, 0.05) is 71.6 Å². The number of imide groups is 4. The number of carbonyl (C=O) groups excluding carboxylic acids is 9. The molecule has 12 rings (SSSR count). The molecule has 118 heavy (non-hydrogen) atoms. The van der Waals surface area contributed by atoms with Gasteiger partial charge < -0.3 is 58.0 Å². The van der Waals surface area contributed by atoms with Crippen molar-refractivity contribution in [3.63, 3.8) is 0 Å². The van der Waals surface area contributed by atoms with Crippen LogP contribution in [0.1, 0.15) is 105 Å². The second kappa shape index (κ2) is 48.6. The first kappa shape index (κ1) is 94.9. The van der Waals surface area contributed by atoms with E-state index in [2.05, 4.69) is 55.0 Å². The van der Waals surface area contributed by atoms with Crippen molar-refractivity contribution in [2.24, 2.45) is 28.2 Å². The minimum Gasteiger partial charge on any atom is -0.394 e. The van der Waals surface area contributed by atoms with Gasteiger partial charge in [-0.2, -0.15) is 9.90 Å². The van der Waals surface area contributed by atoms with Gasteiger partial charge in [-0.05, 0) is 115 Å². The highest BCUT2D eigenvalue weighted by Crippen LogP contribution is 2.31. The van der Waals surface area contributed by atoms with Crippen molar-refractivity contribution in [3.8, 4) is 24.2 Å². The molecule has 0 radical (unpaired) electrons. The molecule has 4 aliphatic rings. The topological polar surface area (TPSA) is 444 Å². The van der Waals surface area contributed by atoms with Gasteiger partial charge in [-0.15, -0.1) is 6.42 Å². The van der Waals surface area contributed by atoms with Gasteiger partial charge in [0.2, 0.25) is 47.3 Å². The third kappa shape index (κ3) is 25.2. The molecule has 5 unspecified atom stereocenters. The Morgan fingerprint density at radius 1 is 0.415 bits per heavy atom. The van der Waals surface area contributed by atoms with Gasteiger partial charge in [0.1, 0.15) is 50.3 Å². The van der Waals surface area contributed by atoms with Crippen LogP contribution in [0.5, 0.6) is 0 Å². The first-order valence-corrected chi connectivity index (χ1v) is 38.9. The Kier molecular flexibility index (Phi) is 39.1. The minimum atomic E-state index is -0.727. The van der Waals surface area contributed by atoms with E-state index in [4.69, 9.17) is 59.6 Å². The molecule has 38 heteroatoms. The predicted octanol–water partition coefficient (Wildman–Crippen LogP) is 1.24. The molecule has 8 amide bonds. The van der Waals surface area contributed by atoms with Crippen LogP contribution in [-0.2, 0) is 122 Å². The van der Waals surface area contributed by atoms with Crippen LogP contribution in [-0.4, -0.2) is 231 Å². The molecular formula is C80H102BrN12O24P. The number of piperidine rings is 4. The van der Waals surface area contributed by atoms with Gasteiger partial charge in [0.25, 0.3) is 0 Å². The van der Waals surface area contributed by atoms with Crippen LogP contribution in [0.4, 0.5) is 0 Å². The average Bonchev–Trinajstić information content (AvgIpc) is 1.63. The number of carbonyl (C=O) groups is 9. The fourth-order valence-corrected chi connectivity index (χ4v) is 14.3. The third-order valence-electron chi connectivity index (χ3n) is 19.0. The lowest BCUT2D eigenvalue weighted by Crippen LogP contribution is -2.44. The van der Waals surface area contributed by atoms with E-state index in [1.165, 1.54) is 27.4 Å². The highest BCUT2D eigenvalue weighted by atomic mass is 79.9. The molecule has 0 bridgehead atoms. The number of fused-ring (bicyclic) bond motifs is 4. The van der Waals surface area contributed by atoms with Gasteiger partial charge in [0.05, 0.1) is 142 Å². The molecule has 0 saturated carbocycles. The summed E-state index contributed by atoms with van der Waals surface area (Å²) < 4.78 is 54.2. The van der Waals surface area contributed by atoms with E-state index in [-0.39, 0.29) is 128 Å². The number of benzene rings is 4. The summed E-state index contributed by atoms with van der Waals surface area (Å²) in [5, 5.41) is 34.8. The molecule has 4 saturated heterocycles. The van der Waals surface area contributed by atoms with Crippen molar-refractivity contribution >= 4 is 124 Å². The number of terminal acetylenes is 1. The largest absolute Gasteiger partial charge is 0.394 e. The van der Waals surface area contributed by atoms with Crippen molar-refractivity contribution in [1.29, 1.82) is 0 Å². The predicted molar refractivity (Wildman–Crippen MR) is 439 cm³/mol. The van der Waals surface area contributed by atoms with Crippen LogP contribution in [0.25, 0.3) is 44.1 Å². The summed E-state index contributed by atoms with van der Waals surface area (Å²) in [5.41, 5.74) is 7.13. The van der Waals surface area contributed by atoms with E-state index in [9.17, 15) is 62.3 Å². The molecule has 0 spiro atoms. The van der Waals surface area contributed by atoms with Crippen LogP contribution >= 0.6 is 25.8 Å². The number of para-hydroxylation sites is 4. The number of aromatic nitrogens is 8. The maximum atomic E-state index is 12.9. The molecule has 4 aromatic heterocycles. The normalized spacial score (nSPS) is 16.5. The molecule has 638 valence electrons. The zero-order valence-corrected chi connectivity index (χ0v) is 69.4. The highest BCUT2D eigenvalue weighted by molar-refractivity contribution is 9.10. The van der Waals surface area contributed by atoms with Crippen molar-refractivity contribution in [2.45, 2.75) is 101 Å². The average molecular weight is 1730 g/mol. The van der Waals surface area contributed by atoms with E-state index < -0.39 is 47.8 Å². The number of aldehydes is 1. The zero-order chi connectivity index (χ0) is 84.5. The number of halogens is 1. The Hall–Kier alpha value is -10.2. The molecular weight excluding hydrogens is 1620 g/mol. The number of amides is 8. The first-order valence-electron chi connectivity index (χ1n) is 38.1. The Bertz CT molecular complexity index is 5190. The number of ether oxygens (including phenoxy) is 8. The number of nitrogens with one attached hydrogen (secondary N) is 4. The molecule has 0 aliphatic carbocycles. The van der Waals surface area contributed by atoms with Crippen LogP contribution in [0, 0.1) is 24.2 Å². The zero-order valence-electron chi connectivity index (χ0n) is 66.4. The van der Waals surface area contributed by atoms with E-state index in [0.717, 1.165) is 51.4 Å². The summed E-state index contributed by atoms with van der Waals surface area (Å²) in [6.45, 7) is 6.07. The number of aliphatic hydroxyl groups excluding tert-OH is 3. The summed E-state index contributed by atoms with van der Waals surface area (Å²) >= 11 is 3.42. The smallest absolute Gasteiger partial charge is 0.329 e. The van der Waals surface area contributed by atoms with Gasteiger partial charge in [-0.1, -0.05) is 54.2 Å². The molecule has 4 fully saturated rings. The fourth-order valence-electron chi connectivity index (χ4n) is 13.7. The Morgan fingerprint density at radius 3 is 1.09 bits per heavy atom. The van der Waals surface area contributed by atoms with Crippen molar-refractivity contribution in [3.05, 3.63) is 136 Å². The molecule has 8 aromatic rings. The first-order chi connectivity index (χ1) is 56.5. The second-order valence-corrected chi connectivity index (χ2v) is 27.7. The Morgan fingerprint density at radius 2 is 0.729 bits per heavy atom. The summed E-state index contributed by atoms with van der Waals surface area (Å²) in [5.74, 6) is 5.26. The lowest BCUT2D eigenvalue weighted by atomic mass is 10.0. The summed E-state index contributed by atoms with van der Waals surface area (Å²) in [7, 11) is 6.69. The second-order valence-electron chi connectivity index (χ2n) is 26.9. The molecule has 5 atom stereocenters. The maximum absolute atomic E-state index is 12.9.